The lowest BCUT2D eigenvalue weighted by Gasteiger charge is -2.13. The lowest BCUT2D eigenvalue weighted by atomic mass is 9.91. The number of nitrogens with one attached hydrogen (secondary N) is 1. The number of ketones is 1. The molecule has 4 aromatic rings. The minimum atomic E-state index is -0.681. The summed E-state index contributed by atoms with van der Waals surface area (Å²) in [5.74, 6) is 0.928. The molecule has 45 heavy (non-hydrogen) atoms. The van der Waals surface area contributed by atoms with Crippen LogP contribution in [0.1, 0.15) is 42.5 Å². The van der Waals surface area contributed by atoms with Crippen LogP contribution in [-0.2, 0) is 27.3 Å². The van der Waals surface area contributed by atoms with E-state index >= 15 is 0 Å². The van der Waals surface area contributed by atoms with Crippen molar-refractivity contribution in [2.24, 2.45) is 5.41 Å². The number of Topliss-reactive ketones (excluding diaryl/α,β-unsaturated/α-hetero) is 1. The molecule has 2 aromatic carbocycles. The Labute approximate surface area is 264 Å². The lowest BCUT2D eigenvalue weighted by molar-refractivity contribution is -0.122. The maximum atomic E-state index is 13.5. The lowest BCUT2D eigenvalue weighted by Crippen LogP contribution is -2.39. The van der Waals surface area contributed by atoms with Crippen molar-refractivity contribution in [2.75, 3.05) is 27.9 Å². The molecule has 1 amide bonds. The Kier molecular flexibility index (Phi) is 10.5. The van der Waals surface area contributed by atoms with E-state index in [9.17, 15) is 19.2 Å². The highest BCUT2D eigenvalue weighted by atomic mass is 32.1. The molecule has 2 heterocycles. The van der Waals surface area contributed by atoms with Gasteiger partial charge in [0.15, 0.2) is 17.3 Å². The Hall–Kier alpha value is -4.90. The van der Waals surface area contributed by atoms with E-state index in [1.165, 1.54) is 17.8 Å². The molecule has 1 N–H and O–H groups in total. The molecule has 0 saturated carbocycles. The smallest absolute Gasteiger partial charge is 0.338 e. The molecule has 4 rings (SSSR count). The molecule has 0 aliphatic rings. The predicted molar refractivity (Wildman–Crippen MR) is 172 cm³/mol. The molecule has 236 valence electrons. The van der Waals surface area contributed by atoms with Crippen molar-refractivity contribution in [3.8, 4) is 22.8 Å². The Morgan fingerprint density at radius 1 is 0.978 bits per heavy atom. The SMILES string of the molecule is COC(=O)c1ccccc1-c1ccc(/C=c2\s/c(=C\C(=O)C(C)(C)C)n(CC(=O)NCCc3ccc(OC)c(OC)c3)c2=O)o1. The van der Waals surface area contributed by atoms with Crippen LogP contribution in [0.2, 0.25) is 0 Å². The van der Waals surface area contributed by atoms with Crippen molar-refractivity contribution in [3.05, 3.63) is 91.0 Å². The van der Waals surface area contributed by atoms with Crippen LogP contribution in [0.15, 0.2) is 63.8 Å². The van der Waals surface area contributed by atoms with Crippen LogP contribution in [0, 0.1) is 5.41 Å². The zero-order valence-corrected chi connectivity index (χ0v) is 26.9. The summed E-state index contributed by atoms with van der Waals surface area (Å²) >= 11 is 1.09. The summed E-state index contributed by atoms with van der Waals surface area (Å²) in [6, 6.07) is 15.8. The van der Waals surface area contributed by atoms with Crippen LogP contribution >= 0.6 is 11.3 Å². The number of thiazole rings is 1. The van der Waals surface area contributed by atoms with E-state index in [2.05, 4.69) is 5.32 Å². The van der Waals surface area contributed by atoms with E-state index in [0.29, 0.717) is 51.8 Å². The van der Waals surface area contributed by atoms with Crippen molar-refractivity contribution in [1.29, 1.82) is 0 Å². The first-order valence-electron chi connectivity index (χ1n) is 14.2. The maximum Gasteiger partial charge on any atom is 0.338 e. The molecular formula is C34H36N2O8S. The van der Waals surface area contributed by atoms with E-state index in [1.807, 2.05) is 12.1 Å². The Morgan fingerprint density at radius 2 is 1.71 bits per heavy atom. The molecule has 0 bridgehead atoms. The van der Waals surface area contributed by atoms with Crippen molar-refractivity contribution < 1.29 is 33.0 Å². The molecule has 11 heteroatoms. The van der Waals surface area contributed by atoms with Gasteiger partial charge in [0.25, 0.3) is 5.56 Å². The summed E-state index contributed by atoms with van der Waals surface area (Å²) in [4.78, 5) is 51.7. The molecule has 0 saturated heterocycles. The van der Waals surface area contributed by atoms with Crippen LogP contribution < -0.4 is 29.5 Å². The van der Waals surface area contributed by atoms with Gasteiger partial charge in [0, 0.05) is 29.7 Å². The van der Waals surface area contributed by atoms with Crippen LogP contribution in [0.4, 0.5) is 0 Å². The number of amides is 1. The number of nitrogens with zero attached hydrogens (tertiary/aromatic N) is 1. The highest BCUT2D eigenvalue weighted by Gasteiger charge is 2.20. The molecule has 0 atom stereocenters. The number of esters is 1. The third-order valence-electron chi connectivity index (χ3n) is 6.91. The first kappa shape index (κ1) is 33.0. The van der Waals surface area contributed by atoms with E-state index in [-0.39, 0.29) is 22.8 Å². The fraction of sp³-hybridized carbons (Fsp3) is 0.294. The Balaban J connectivity index is 1.61. The number of hydrogen-bond acceptors (Lipinski definition) is 9. The Morgan fingerprint density at radius 3 is 2.40 bits per heavy atom. The molecule has 0 aliphatic heterocycles. The first-order valence-corrected chi connectivity index (χ1v) is 15.0. The summed E-state index contributed by atoms with van der Waals surface area (Å²) in [7, 11) is 4.42. The van der Waals surface area contributed by atoms with Gasteiger partial charge in [-0.2, -0.15) is 0 Å². The van der Waals surface area contributed by atoms with Crippen molar-refractivity contribution in [2.45, 2.75) is 33.7 Å². The second-order valence-corrected chi connectivity index (χ2v) is 12.2. The Bertz CT molecular complexity index is 1890. The van der Waals surface area contributed by atoms with Gasteiger partial charge in [-0.15, -0.1) is 11.3 Å². The van der Waals surface area contributed by atoms with Gasteiger partial charge in [0.2, 0.25) is 5.91 Å². The van der Waals surface area contributed by atoms with Gasteiger partial charge in [-0.25, -0.2) is 4.79 Å². The zero-order chi connectivity index (χ0) is 32.7. The highest BCUT2D eigenvalue weighted by molar-refractivity contribution is 7.07. The van der Waals surface area contributed by atoms with E-state index in [1.54, 1.807) is 83.5 Å². The summed E-state index contributed by atoms with van der Waals surface area (Å²) in [5.41, 5.74) is 0.709. The normalized spacial score (nSPS) is 12.2. The standard InChI is InChI=1S/C34H36N2O8S/c1-34(2,3)29(37)19-31-36(20-30(38)35-16-15-21-11-13-26(41-4)27(17-21)42-5)32(39)28(45-31)18-22-12-14-25(44-22)23-9-7-8-10-24(23)33(40)43-6/h7-14,17-19H,15-16,20H2,1-6H3,(H,35,38)/b28-18-,31-19-. The van der Waals surface area contributed by atoms with E-state index < -0.39 is 16.9 Å². The third kappa shape index (κ3) is 7.98. The fourth-order valence-corrected chi connectivity index (χ4v) is 5.42. The summed E-state index contributed by atoms with van der Waals surface area (Å²) in [5, 5.41) is 2.85. The largest absolute Gasteiger partial charge is 0.493 e. The molecule has 2 aromatic heterocycles. The van der Waals surface area contributed by atoms with Gasteiger partial charge in [-0.1, -0.05) is 45.0 Å². The number of rotatable bonds is 11. The van der Waals surface area contributed by atoms with Crippen LogP contribution in [0.3, 0.4) is 0 Å². The molecule has 0 radical (unpaired) electrons. The average Bonchev–Trinajstić information content (AvgIpc) is 3.60. The van der Waals surface area contributed by atoms with Crippen LogP contribution in [-0.4, -0.2) is 50.1 Å². The second-order valence-electron chi connectivity index (χ2n) is 11.1. The van der Waals surface area contributed by atoms with Crippen LogP contribution in [0.25, 0.3) is 23.5 Å². The molecule has 0 fully saturated rings. The minimum Gasteiger partial charge on any atom is -0.493 e. The van der Waals surface area contributed by atoms with Gasteiger partial charge < -0.3 is 23.9 Å². The monoisotopic (exact) mass is 632 g/mol. The van der Waals surface area contributed by atoms with Gasteiger partial charge in [0.05, 0.1) is 31.4 Å². The molecule has 0 spiro atoms. The van der Waals surface area contributed by atoms with Gasteiger partial charge in [-0.3, -0.25) is 19.0 Å². The highest BCUT2D eigenvalue weighted by Crippen LogP contribution is 2.28. The molecular weight excluding hydrogens is 596 g/mol. The van der Waals surface area contributed by atoms with Crippen molar-refractivity contribution in [1.82, 2.24) is 9.88 Å². The number of benzene rings is 2. The zero-order valence-electron chi connectivity index (χ0n) is 26.1. The van der Waals surface area contributed by atoms with E-state index in [4.69, 9.17) is 18.6 Å². The summed E-state index contributed by atoms with van der Waals surface area (Å²) in [6.07, 6.45) is 3.49. The number of furan rings is 1. The summed E-state index contributed by atoms with van der Waals surface area (Å²) in [6.45, 7) is 5.41. The summed E-state index contributed by atoms with van der Waals surface area (Å²) < 4.78 is 23.4. The van der Waals surface area contributed by atoms with E-state index in [0.717, 1.165) is 16.9 Å². The maximum absolute atomic E-state index is 13.5. The number of hydrogen-bond donors (Lipinski definition) is 1. The second kappa shape index (κ2) is 14.3. The predicted octanol–water partition coefficient (Wildman–Crippen LogP) is 3.56. The quantitative estimate of drug-likeness (QED) is 0.249. The van der Waals surface area contributed by atoms with Gasteiger partial charge >= 0.3 is 5.97 Å². The minimum absolute atomic E-state index is 0.183. The van der Waals surface area contributed by atoms with Gasteiger partial charge in [0.1, 0.15) is 22.7 Å². The molecule has 0 unspecified atom stereocenters. The third-order valence-corrected chi connectivity index (χ3v) is 7.97. The van der Waals surface area contributed by atoms with Crippen molar-refractivity contribution in [3.63, 3.8) is 0 Å². The first-order chi connectivity index (χ1) is 21.4. The number of ether oxygens (including phenoxy) is 3. The number of carbonyl (C=O) groups is 3. The van der Waals surface area contributed by atoms with Crippen molar-refractivity contribution >= 4 is 41.1 Å². The topological polar surface area (TPSA) is 126 Å². The van der Waals surface area contributed by atoms with Crippen LogP contribution in [0.5, 0.6) is 11.5 Å². The number of carbonyl (C=O) groups excluding carboxylic acids is 3. The molecule has 10 nitrogen and oxygen atoms in total. The average molecular weight is 633 g/mol. The number of aromatic nitrogens is 1. The fourth-order valence-electron chi connectivity index (χ4n) is 4.39. The molecule has 0 aliphatic carbocycles. The van der Waals surface area contributed by atoms with Gasteiger partial charge in [-0.05, 0) is 42.3 Å². The number of methoxy groups -OCH3 is 3.